The summed E-state index contributed by atoms with van der Waals surface area (Å²) in [6.07, 6.45) is 3.91. The van der Waals surface area contributed by atoms with Gasteiger partial charge in [-0.15, -0.1) is 0 Å². The average molecular weight is 354 g/mol. The van der Waals surface area contributed by atoms with Gasteiger partial charge in [0, 0.05) is 0 Å². The number of halogens is 3. The summed E-state index contributed by atoms with van der Waals surface area (Å²) in [6.45, 7) is 0. The van der Waals surface area contributed by atoms with Gasteiger partial charge in [-0.2, -0.15) is 0 Å². The molecule has 0 radical (unpaired) electrons. The molecule has 78 valence electrons. The monoisotopic (exact) mass is 353 g/mol. The molecule has 0 atom stereocenters. The molecule has 0 saturated heterocycles. The molecular formula is C10H8Cl2IN2+. The van der Waals surface area contributed by atoms with Gasteiger partial charge in [0.2, 0.25) is 0 Å². The minimum atomic E-state index is -3.06. The van der Waals surface area contributed by atoms with Crippen molar-refractivity contribution in [3.8, 4) is 11.4 Å². The summed E-state index contributed by atoms with van der Waals surface area (Å²) in [5.74, 6) is 0. The molecule has 0 amide bonds. The second-order valence-corrected chi connectivity index (χ2v) is 13.8. The van der Waals surface area contributed by atoms with E-state index in [2.05, 4.69) is 0 Å². The minimum absolute atomic E-state index is 1.10. The molecule has 2 aromatic rings. The van der Waals surface area contributed by atoms with E-state index in [1.54, 1.807) is 0 Å². The van der Waals surface area contributed by atoms with Crippen LogP contribution in [0.2, 0.25) is 0 Å². The van der Waals surface area contributed by atoms with Gasteiger partial charge in [0.1, 0.15) is 0 Å². The first-order chi connectivity index (χ1) is 7.21. The third-order valence-electron chi connectivity index (χ3n) is 2.33. The Morgan fingerprint density at radius 3 is 1.73 bits per heavy atom. The first kappa shape index (κ1) is 9.81. The zero-order valence-corrected chi connectivity index (χ0v) is 11.3. The summed E-state index contributed by atoms with van der Waals surface area (Å²) >= 11 is -3.06. The van der Waals surface area contributed by atoms with Crippen LogP contribution < -0.4 is 22.3 Å². The normalized spacial score (nSPS) is 18.0. The van der Waals surface area contributed by atoms with Gasteiger partial charge in [0.15, 0.2) is 0 Å². The molecule has 0 N–H and O–H groups in total. The molecule has 1 aliphatic heterocycles. The Hall–Kier alpha value is -0.390. The van der Waals surface area contributed by atoms with Crippen molar-refractivity contribution in [3.63, 3.8) is 0 Å². The van der Waals surface area contributed by atoms with E-state index in [0.29, 0.717) is 0 Å². The fraction of sp³-hybridized carbons (Fsp3) is 0. The van der Waals surface area contributed by atoms with Gasteiger partial charge in [-0.25, -0.2) is 0 Å². The molecule has 0 fully saturated rings. The van der Waals surface area contributed by atoms with Gasteiger partial charge >= 0.3 is 100 Å². The fourth-order valence-electron chi connectivity index (χ4n) is 1.68. The number of rotatable bonds is 0. The molecule has 3 heterocycles. The molecule has 2 aromatic heterocycles. The van der Waals surface area contributed by atoms with Crippen molar-refractivity contribution < 1.29 is 22.3 Å². The van der Waals surface area contributed by atoms with Crippen molar-refractivity contribution in [2.45, 2.75) is 0 Å². The number of aromatic nitrogens is 2. The molecule has 0 unspecified atom stereocenters. The van der Waals surface area contributed by atoms with Crippen LogP contribution in [0, 0.1) is 0 Å². The Morgan fingerprint density at radius 1 is 0.800 bits per heavy atom. The molecule has 5 heteroatoms. The van der Waals surface area contributed by atoms with Gasteiger partial charge in [0.05, 0.1) is 0 Å². The maximum atomic E-state index is 6.50. The van der Waals surface area contributed by atoms with E-state index in [4.69, 9.17) is 17.8 Å². The van der Waals surface area contributed by atoms with Crippen molar-refractivity contribution >= 4 is 17.8 Å². The van der Waals surface area contributed by atoms with E-state index in [9.17, 15) is 0 Å². The van der Waals surface area contributed by atoms with E-state index in [-0.39, 0.29) is 0 Å². The summed E-state index contributed by atoms with van der Waals surface area (Å²) in [6, 6.07) is 12.0. The molecule has 3 rings (SSSR count). The number of hydrogen-bond donors (Lipinski definition) is 0. The summed E-state index contributed by atoms with van der Waals surface area (Å²) in [5.41, 5.74) is 2.19. The van der Waals surface area contributed by atoms with E-state index in [1.807, 2.05) is 54.4 Å². The summed E-state index contributed by atoms with van der Waals surface area (Å²) in [4.78, 5) is 0. The van der Waals surface area contributed by atoms with Crippen LogP contribution in [0.5, 0.6) is 0 Å². The van der Waals surface area contributed by atoms with Gasteiger partial charge in [-0.3, -0.25) is 0 Å². The Kier molecular flexibility index (Phi) is 2.16. The quantitative estimate of drug-likeness (QED) is 0.533. The third kappa shape index (κ3) is 1.30. The fourth-order valence-corrected chi connectivity index (χ4v) is 8.38. The van der Waals surface area contributed by atoms with E-state index < -0.39 is 16.7 Å². The third-order valence-corrected chi connectivity index (χ3v) is 10.2. The Balaban J connectivity index is 2.42. The van der Waals surface area contributed by atoms with E-state index in [1.165, 1.54) is 0 Å². The van der Waals surface area contributed by atoms with Crippen molar-refractivity contribution in [1.82, 2.24) is 0 Å². The van der Waals surface area contributed by atoms with Crippen molar-refractivity contribution in [2.75, 3.05) is 0 Å². The maximum absolute atomic E-state index is 6.50. The molecule has 0 spiro atoms. The van der Waals surface area contributed by atoms with E-state index in [0.717, 1.165) is 11.4 Å². The first-order valence-corrected chi connectivity index (χ1v) is 11.8. The van der Waals surface area contributed by atoms with Crippen LogP contribution in [0.3, 0.4) is 0 Å². The number of pyridine rings is 2. The molecule has 0 aliphatic carbocycles. The number of fused-ring (bicyclic) bond motifs is 3. The van der Waals surface area contributed by atoms with Gasteiger partial charge in [0.25, 0.3) is 0 Å². The molecule has 15 heavy (non-hydrogen) atoms. The number of hydrogen-bond acceptors (Lipinski definition) is 0. The summed E-state index contributed by atoms with van der Waals surface area (Å²) in [5, 5.41) is 0. The molecule has 0 saturated carbocycles. The second-order valence-electron chi connectivity index (χ2n) is 3.18. The van der Waals surface area contributed by atoms with Crippen molar-refractivity contribution in [3.05, 3.63) is 48.8 Å². The molecule has 1 aliphatic rings. The topological polar surface area (TPSA) is 7.76 Å². The second kappa shape index (κ2) is 3.30. The van der Waals surface area contributed by atoms with Crippen LogP contribution in [-0.2, 0) is 0 Å². The molecular weight excluding hydrogens is 346 g/mol. The van der Waals surface area contributed by atoms with Crippen molar-refractivity contribution in [1.29, 1.82) is 0 Å². The summed E-state index contributed by atoms with van der Waals surface area (Å²) < 4.78 is 4.04. The molecule has 0 bridgehead atoms. The van der Waals surface area contributed by atoms with Crippen LogP contribution in [0.1, 0.15) is 0 Å². The predicted molar refractivity (Wildman–Crippen MR) is 54.8 cm³/mol. The standard InChI is InChI=1S/C10H8Cl2IN2/c11-13(12)14-7-3-1-5-9(14)10-6-2-4-8-15(10)13/h1-8H/q+1. The Bertz CT molecular complexity index is 495. The van der Waals surface area contributed by atoms with Gasteiger partial charge in [-0.05, 0) is 0 Å². The number of nitrogens with zero attached hydrogens (tertiary/aromatic N) is 2. The molecule has 0 aromatic carbocycles. The molecule has 2 nitrogen and oxygen atoms in total. The average Bonchev–Trinajstić information content (AvgIpc) is 2.51. The predicted octanol–water partition coefficient (Wildman–Crippen LogP) is -1.06. The summed E-state index contributed by atoms with van der Waals surface area (Å²) in [7, 11) is 13.0. The Morgan fingerprint density at radius 2 is 1.27 bits per heavy atom. The first-order valence-electron chi connectivity index (χ1n) is 4.41. The van der Waals surface area contributed by atoms with Crippen LogP contribution in [0.15, 0.2) is 48.8 Å². The SMILES string of the molecule is Cl[I-]1(Cl)[n+]2ccccc2-c2cccc[n+]21. The zero-order valence-electron chi connectivity index (χ0n) is 7.65. The van der Waals surface area contributed by atoms with Crippen LogP contribution in [0.4, 0.5) is 0 Å². The van der Waals surface area contributed by atoms with Crippen LogP contribution in [0.25, 0.3) is 11.4 Å². The zero-order chi connectivity index (χ0) is 10.5. The van der Waals surface area contributed by atoms with Crippen molar-refractivity contribution in [2.24, 2.45) is 0 Å². The Labute approximate surface area is 99.7 Å². The van der Waals surface area contributed by atoms with Crippen LogP contribution in [-0.4, -0.2) is 0 Å². The van der Waals surface area contributed by atoms with Gasteiger partial charge < -0.3 is 0 Å². The van der Waals surface area contributed by atoms with Gasteiger partial charge in [-0.1, -0.05) is 0 Å². The van der Waals surface area contributed by atoms with Crippen LogP contribution >= 0.6 is 17.8 Å². The van der Waals surface area contributed by atoms with E-state index >= 15 is 0 Å².